The molecule has 0 aromatic rings. The molecule has 98 valence electrons. The summed E-state index contributed by atoms with van der Waals surface area (Å²) in [6.45, 7) is 21.7. The zero-order valence-corrected chi connectivity index (χ0v) is 14.2. The van der Waals surface area contributed by atoms with E-state index in [0.29, 0.717) is 10.1 Å². The molecule has 1 aliphatic rings. The van der Waals surface area contributed by atoms with Gasteiger partial charge in [0.25, 0.3) is 0 Å². The van der Waals surface area contributed by atoms with Crippen LogP contribution in [0.4, 0.5) is 0 Å². The van der Waals surface area contributed by atoms with Gasteiger partial charge in [0, 0.05) is 0 Å². The molecular weight excluding hydrogens is 220 g/mol. The van der Waals surface area contributed by atoms with E-state index in [2.05, 4.69) is 80.2 Å². The van der Waals surface area contributed by atoms with Gasteiger partial charge in [-0.1, -0.05) is 85.4 Å². The van der Waals surface area contributed by atoms with E-state index in [9.17, 15) is 0 Å². The summed E-state index contributed by atoms with van der Waals surface area (Å²) in [5.41, 5.74) is 2.86. The maximum absolute atomic E-state index is 2.58. The summed E-state index contributed by atoms with van der Waals surface area (Å²) in [6, 6.07) is 0. The highest BCUT2D eigenvalue weighted by Gasteiger charge is 2.56. The van der Waals surface area contributed by atoms with Crippen LogP contribution in [0.5, 0.6) is 0 Å². The number of hydrogen-bond donors (Lipinski definition) is 0. The monoisotopic (exact) mass is 250 g/mol. The van der Waals surface area contributed by atoms with E-state index in [1.165, 1.54) is 0 Å². The summed E-state index contributed by atoms with van der Waals surface area (Å²) in [7, 11) is -1.62. The van der Waals surface area contributed by atoms with Gasteiger partial charge in [0.05, 0.1) is 0 Å². The van der Waals surface area contributed by atoms with Gasteiger partial charge in [-0.2, -0.15) is 0 Å². The molecule has 0 nitrogen and oxygen atoms in total. The molecule has 0 saturated heterocycles. The lowest BCUT2D eigenvalue weighted by Crippen LogP contribution is -2.54. The van der Waals surface area contributed by atoms with Crippen molar-refractivity contribution in [2.24, 2.45) is 5.41 Å². The minimum Gasteiger partial charge on any atom is -0.0894 e. The zero-order valence-electron chi connectivity index (χ0n) is 13.2. The maximum Gasteiger partial charge on any atom is 0.116 e. The van der Waals surface area contributed by atoms with Crippen molar-refractivity contribution in [2.45, 2.75) is 72.4 Å². The van der Waals surface area contributed by atoms with Crippen molar-refractivity contribution in [2.75, 3.05) is 0 Å². The van der Waals surface area contributed by atoms with Crippen LogP contribution in [0, 0.1) is 5.41 Å². The average molecular weight is 251 g/mol. The van der Waals surface area contributed by atoms with Gasteiger partial charge in [-0.15, -0.1) is 0 Å². The summed E-state index contributed by atoms with van der Waals surface area (Å²) in [4.78, 5) is 0. The van der Waals surface area contributed by atoms with E-state index < -0.39 is 8.07 Å². The Kier molecular flexibility index (Phi) is 3.34. The van der Waals surface area contributed by atoms with Crippen LogP contribution in [-0.4, -0.2) is 8.07 Å². The smallest absolute Gasteiger partial charge is 0.0894 e. The molecule has 1 aliphatic heterocycles. The molecule has 1 heteroatoms. The normalized spacial score (nSPS) is 20.6. The van der Waals surface area contributed by atoms with Gasteiger partial charge >= 0.3 is 0 Å². The second-order valence-electron chi connectivity index (χ2n) is 8.50. The third-order valence-corrected chi connectivity index (χ3v) is 11.4. The Labute approximate surface area is 109 Å². The van der Waals surface area contributed by atoms with Gasteiger partial charge in [0.15, 0.2) is 0 Å². The Bertz CT molecular complexity index is 336. The van der Waals surface area contributed by atoms with E-state index in [1.807, 2.05) is 0 Å². The minimum atomic E-state index is -1.62. The largest absolute Gasteiger partial charge is 0.116 e. The van der Waals surface area contributed by atoms with Crippen molar-refractivity contribution in [1.29, 1.82) is 0 Å². The summed E-state index contributed by atoms with van der Waals surface area (Å²) in [5, 5.41) is 2.46. The lowest BCUT2D eigenvalue weighted by Gasteiger charge is -2.53. The summed E-state index contributed by atoms with van der Waals surface area (Å²) in [6.07, 6.45) is 4.73. The molecule has 0 fully saturated rings. The number of hydrogen-bond acceptors (Lipinski definition) is 0. The molecule has 0 unspecified atom stereocenters. The van der Waals surface area contributed by atoms with Crippen molar-refractivity contribution in [3.63, 3.8) is 0 Å². The van der Waals surface area contributed by atoms with E-state index in [-0.39, 0.29) is 5.41 Å². The van der Waals surface area contributed by atoms with E-state index >= 15 is 0 Å². The van der Waals surface area contributed by atoms with Crippen LogP contribution in [0.2, 0.25) is 10.1 Å². The van der Waals surface area contributed by atoms with Gasteiger partial charge in [-0.05, 0) is 15.5 Å². The van der Waals surface area contributed by atoms with Crippen LogP contribution in [0.3, 0.4) is 0 Å². The molecule has 17 heavy (non-hydrogen) atoms. The summed E-state index contributed by atoms with van der Waals surface area (Å²) in [5.74, 6) is 0. The van der Waals surface area contributed by atoms with Gasteiger partial charge in [0.2, 0.25) is 0 Å². The molecule has 0 amide bonds. The molecule has 1 heterocycles. The molecule has 0 saturated carbocycles. The molecule has 0 atom stereocenters. The Morgan fingerprint density at radius 2 is 1.18 bits per heavy atom. The third kappa shape index (κ3) is 2.19. The van der Waals surface area contributed by atoms with Crippen LogP contribution in [-0.2, 0) is 0 Å². The zero-order chi connectivity index (χ0) is 13.7. The van der Waals surface area contributed by atoms with Crippen LogP contribution >= 0.6 is 0 Å². The second-order valence-corrected chi connectivity index (χ2v) is 14.0. The lowest BCUT2D eigenvalue weighted by atomic mass is 9.95. The molecule has 0 bridgehead atoms. The highest BCUT2D eigenvalue weighted by atomic mass is 28.3. The Morgan fingerprint density at radius 3 is 1.41 bits per heavy atom. The number of rotatable bonds is 0. The fraction of sp³-hybridized carbons (Fsp3) is 0.750. The van der Waals surface area contributed by atoms with Crippen molar-refractivity contribution in [3.05, 3.63) is 23.0 Å². The SMILES string of the molecule is CC(C)(C)C1=CC=C[Si]1(C(C)(C)C)C(C)(C)C. The summed E-state index contributed by atoms with van der Waals surface area (Å²) < 4.78 is 0. The molecule has 0 aromatic heterocycles. The standard InChI is InChI=1S/C16H30Si/c1-14(2,3)13-11-10-12-17(13,15(4,5)6)16(7,8)9/h10-12H,1-9H3. The van der Waals surface area contributed by atoms with Crippen LogP contribution < -0.4 is 0 Å². The maximum atomic E-state index is 2.58. The van der Waals surface area contributed by atoms with Crippen LogP contribution in [0.15, 0.2) is 23.0 Å². The molecule has 0 N–H and O–H groups in total. The fourth-order valence-corrected chi connectivity index (χ4v) is 10.8. The molecule has 0 aliphatic carbocycles. The van der Waals surface area contributed by atoms with Crippen LogP contribution in [0.25, 0.3) is 0 Å². The number of allylic oxidation sites excluding steroid dienone is 3. The fourth-order valence-electron chi connectivity index (χ4n) is 3.78. The average Bonchev–Trinajstić information content (AvgIpc) is 2.42. The van der Waals surface area contributed by atoms with Crippen LogP contribution in [0.1, 0.15) is 62.3 Å². The van der Waals surface area contributed by atoms with Gasteiger partial charge in [-0.25, -0.2) is 0 Å². The Hall–Kier alpha value is -0.303. The molecule has 0 spiro atoms. The van der Waals surface area contributed by atoms with Crippen molar-refractivity contribution in [3.8, 4) is 0 Å². The van der Waals surface area contributed by atoms with Crippen molar-refractivity contribution in [1.82, 2.24) is 0 Å². The quantitative estimate of drug-likeness (QED) is 0.487. The topological polar surface area (TPSA) is 0 Å². The first-order chi connectivity index (χ1) is 7.34. The van der Waals surface area contributed by atoms with Crippen molar-refractivity contribution < 1.29 is 0 Å². The first kappa shape index (κ1) is 14.8. The van der Waals surface area contributed by atoms with Gasteiger partial charge in [0.1, 0.15) is 8.07 Å². The highest BCUT2D eigenvalue weighted by Crippen LogP contribution is 2.60. The molecular formula is C16H30Si. The van der Waals surface area contributed by atoms with Gasteiger partial charge in [-0.3, -0.25) is 0 Å². The predicted molar refractivity (Wildman–Crippen MR) is 81.9 cm³/mol. The Morgan fingerprint density at radius 1 is 0.765 bits per heavy atom. The lowest BCUT2D eigenvalue weighted by molar-refractivity contribution is 0.506. The molecule has 0 radical (unpaired) electrons. The van der Waals surface area contributed by atoms with Gasteiger partial charge < -0.3 is 0 Å². The van der Waals surface area contributed by atoms with Crippen molar-refractivity contribution >= 4 is 8.07 Å². The van der Waals surface area contributed by atoms with E-state index in [0.717, 1.165) is 0 Å². The highest BCUT2D eigenvalue weighted by molar-refractivity contribution is 6.96. The van der Waals surface area contributed by atoms with E-state index in [4.69, 9.17) is 0 Å². The molecule has 1 rings (SSSR count). The first-order valence-corrected chi connectivity index (χ1v) is 8.82. The minimum absolute atomic E-state index is 0.288. The second kappa shape index (κ2) is 3.84. The first-order valence-electron chi connectivity index (χ1n) is 6.74. The summed E-state index contributed by atoms with van der Waals surface area (Å²) >= 11 is 0. The third-order valence-electron chi connectivity index (χ3n) is 4.21. The Balaban J connectivity index is 3.48. The van der Waals surface area contributed by atoms with E-state index in [1.54, 1.807) is 5.20 Å². The molecule has 0 aromatic carbocycles. The predicted octanol–water partition coefficient (Wildman–Crippen LogP) is 5.66.